The highest BCUT2D eigenvalue weighted by Gasteiger charge is 2.45. The number of nitrogens with zero attached hydrogens (tertiary/aromatic N) is 3. The van der Waals surface area contributed by atoms with Gasteiger partial charge in [-0.3, -0.25) is 0 Å². The largest absolute Gasteiger partial charge is 0.366 e. The number of rotatable bonds is 2. The van der Waals surface area contributed by atoms with Crippen LogP contribution in [0.25, 0.3) is 20.4 Å². The van der Waals surface area contributed by atoms with Gasteiger partial charge in [0.05, 0.1) is 20.9 Å². The number of anilines is 1. The van der Waals surface area contributed by atoms with Crippen LogP contribution in [-0.2, 0) is 0 Å². The predicted molar refractivity (Wildman–Crippen MR) is 96.0 cm³/mol. The summed E-state index contributed by atoms with van der Waals surface area (Å²) in [5.41, 5.74) is 2.46. The molecule has 3 aromatic heterocycles. The molecular weight excluding hydrogens is 377 g/mol. The molecule has 3 heterocycles. The van der Waals surface area contributed by atoms with E-state index in [1.165, 1.54) is 17.7 Å². The number of alkyl halides is 2. The molecule has 128 valence electrons. The first-order valence-electron chi connectivity index (χ1n) is 7.20. The highest BCUT2D eigenvalue weighted by atomic mass is 35.5. The number of aromatic nitrogens is 3. The summed E-state index contributed by atoms with van der Waals surface area (Å²) in [5.74, 6) is -1.97. The van der Waals surface area contributed by atoms with E-state index in [-0.39, 0.29) is 31.3 Å². The molecule has 24 heavy (non-hydrogen) atoms. The third kappa shape index (κ3) is 2.68. The zero-order valence-corrected chi connectivity index (χ0v) is 15.2. The Bertz CT molecular complexity index is 936. The zero-order chi connectivity index (χ0) is 16.4. The van der Waals surface area contributed by atoms with Gasteiger partial charge in [0.25, 0.3) is 5.92 Å². The van der Waals surface area contributed by atoms with Crippen molar-refractivity contribution in [3.05, 3.63) is 22.6 Å². The Morgan fingerprint density at radius 3 is 2.67 bits per heavy atom. The van der Waals surface area contributed by atoms with Gasteiger partial charge in [0.2, 0.25) is 0 Å². The first-order chi connectivity index (χ1) is 10.9. The van der Waals surface area contributed by atoms with Crippen LogP contribution in [0.4, 0.5) is 14.6 Å². The molecule has 3 aromatic rings. The lowest BCUT2D eigenvalue weighted by atomic mass is 9.88. The van der Waals surface area contributed by atoms with Crippen molar-refractivity contribution in [2.24, 2.45) is 0 Å². The molecule has 4 nitrogen and oxygen atoms in total. The van der Waals surface area contributed by atoms with Crippen molar-refractivity contribution in [1.82, 2.24) is 15.0 Å². The fourth-order valence-corrected chi connectivity index (χ4v) is 4.28. The first-order valence-corrected chi connectivity index (χ1v) is 8.39. The van der Waals surface area contributed by atoms with Gasteiger partial charge in [0, 0.05) is 24.3 Å². The number of halogens is 4. The molecule has 0 saturated heterocycles. The summed E-state index contributed by atoms with van der Waals surface area (Å²) in [6.07, 6.45) is 1.12. The Labute approximate surface area is 152 Å². The molecule has 0 aliphatic heterocycles. The lowest BCUT2D eigenvalue weighted by molar-refractivity contribution is -0.0793. The molecule has 0 spiro atoms. The van der Waals surface area contributed by atoms with E-state index in [2.05, 4.69) is 20.3 Å². The standard InChI is InChI=1S/C15H13ClF2N4S.ClH/c1-6-9-11-12(23-14(9)21-7(2)10(6)16)13(20-5-19-11)22-8-3-15(17,18)4-8;/h5,8H,3-4H2,1-2H3,(H,19,20,22);1H. The minimum atomic E-state index is -2.56. The molecule has 0 bridgehead atoms. The van der Waals surface area contributed by atoms with Crippen molar-refractivity contribution < 1.29 is 8.78 Å². The summed E-state index contributed by atoms with van der Waals surface area (Å²) in [6.45, 7) is 3.80. The van der Waals surface area contributed by atoms with Crippen molar-refractivity contribution in [3.63, 3.8) is 0 Å². The number of fused-ring (bicyclic) bond motifs is 3. The van der Waals surface area contributed by atoms with Gasteiger partial charge in [-0.2, -0.15) is 0 Å². The topological polar surface area (TPSA) is 50.7 Å². The van der Waals surface area contributed by atoms with Gasteiger partial charge in [-0.15, -0.1) is 23.7 Å². The molecule has 0 radical (unpaired) electrons. The van der Waals surface area contributed by atoms with Crippen LogP contribution in [0.1, 0.15) is 24.1 Å². The van der Waals surface area contributed by atoms with E-state index in [0.29, 0.717) is 10.8 Å². The van der Waals surface area contributed by atoms with Crippen LogP contribution in [0.2, 0.25) is 5.02 Å². The predicted octanol–water partition coefficient (Wildman–Crippen LogP) is 5.14. The van der Waals surface area contributed by atoms with Crippen LogP contribution < -0.4 is 5.32 Å². The molecule has 0 atom stereocenters. The van der Waals surface area contributed by atoms with Gasteiger partial charge in [0.15, 0.2) is 0 Å². The quantitative estimate of drug-likeness (QED) is 0.657. The van der Waals surface area contributed by atoms with E-state index in [4.69, 9.17) is 11.6 Å². The highest BCUT2D eigenvalue weighted by molar-refractivity contribution is 7.26. The zero-order valence-electron chi connectivity index (χ0n) is 12.9. The molecule has 1 N–H and O–H groups in total. The Morgan fingerprint density at radius 2 is 2.00 bits per heavy atom. The van der Waals surface area contributed by atoms with E-state index >= 15 is 0 Å². The Kier molecular flexibility index (Phi) is 4.30. The maximum Gasteiger partial charge on any atom is 0.252 e. The van der Waals surface area contributed by atoms with E-state index < -0.39 is 5.92 Å². The van der Waals surface area contributed by atoms with Gasteiger partial charge in [-0.1, -0.05) is 11.6 Å². The van der Waals surface area contributed by atoms with Crippen LogP contribution in [0.15, 0.2) is 6.33 Å². The van der Waals surface area contributed by atoms with Crippen molar-refractivity contribution in [1.29, 1.82) is 0 Å². The normalized spacial score (nSPS) is 16.9. The molecule has 0 aromatic carbocycles. The molecule has 9 heteroatoms. The number of hydrogen-bond donors (Lipinski definition) is 1. The maximum atomic E-state index is 13.0. The molecular formula is C15H14Cl2F2N4S. The lowest BCUT2D eigenvalue weighted by Gasteiger charge is -2.35. The first kappa shape index (κ1) is 17.5. The second-order valence-electron chi connectivity index (χ2n) is 5.92. The van der Waals surface area contributed by atoms with E-state index in [0.717, 1.165) is 31.7 Å². The van der Waals surface area contributed by atoms with Gasteiger partial charge < -0.3 is 5.32 Å². The number of aryl methyl sites for hydroxylation is 2. The molecule has 1 fully saturated rings. The van der Waals surface area contributed by atoms with Crippen LogP contribution in [0.3, 0.4) is 0 Å². The molecule has 1 saturated carbocycles. The smallest absolute Gasteiger partial charge is 0.252 e. The Morgan fingerprint density at radius 1 is 1.29 bits per heavy atom. The SMILES string of the molecule is Cc1nc2sc3c(NC4CC(F)(F)C4)ncnc3c2c(C)c1Cl.Cl. The third-order valence-corrected chi connectivity index (χ3v) is 5.81. The molecule has 1 aliphatic carbocycles. The molecule has 0 unspecified atom stereocenters. The summed E-state index contributed by atoms with van der Waals surface area (Å²) in [6, 6.07) is -0.257. The second-order valence-corrected chi connectivity index (χ2v) is 7.30. The molecule has 0 amide bonds. The monoisotopic (exact) mass is 390 g/mol. The maximum absolute atomic E-state index is 13.0. The fraction of sp³-hybridized carbons (Fsp3) is 0.400. The fourth-order valence-electron chi connectivity index (χ4n) is 2.96. The average Bonchev–Trinajstić information content (AvgIpc) is 2.82. The van der Waals surface area contributed by atoms with Gasteiger partial charge in [-0.25, -0.2) is 23.7 Å². The van der Waals surface area contributed by atoms with Crippen LogP contribution in [0.5, 0.6) is 0 Å². The summed E-state index contributed by atoms with van der Waals surface area (Å²) >= 11 is 7.76. The summed E-state index contributed by atoms with van der Waals surface area (Å²) in [7, 11) is 0. The lowest BCUT2D eigenvalue weighted by Crippen LogP contribution is -2.44. The Balaban J connectivity index is 0.00000169. The van der Waals surface area contributed by atoms with Crippen LogP contribution in [0, 0.1) is 13.8 Å². The number of hydrogen-bond acceptors (Lipinski definition) is 5. The summed E-state index contributed by atoms with van der Waals surface area (Å²) < 4.78 is 26.9. The van der Waals surface area contributed by atoms with E-state index in [1.54, 1.807) is 0 Å². The van der Waals surface area contributed by atoms with Crippen molar-refractivity contribution in [2.45, 2.75) is 38.7 Å². The third-order valence-electron chi connectivity index (χ3n) is 4.18. The summed E-state index contributed by atoms with van der Waals surface area (Å²) in [4.78, 5) is 13.9. The highest BCUT2D eigenvalue weighted by Crippen LogP contribution is 2.42. The van der Waals surface area contributed by atoms with Crippen LogP contribution in [-0.4, -0.2) is 26.9 Å². The Hall–Kier alpha value is -1.31. The van der Waals surface area contributed by atoms with Crippen molar-refractivity contribution in [2.75, 3.05) is 5.32 Å². The van der Waals surface area contributed by atoms with E-state index in [1.807, 2.05) is 13.8 Å². The summed E-state index contributed by atoms with van der Waals surface area (Å²) in [5, 5.41) is 4.64. The van der Waals surface area contributed by atoms with Gasteiger partial charge >= 0.3 is 0 Å². The molecule has 1 aliphatic rings. The minimum Gasteiger partial charge on any atom is -0.366 e. The van der Waals surface area contributed by atoms with Crippen molar-refractivity contribution in [3.8, 4) is 0 Å². The second kappa shape index (κ2) is 5.89. The minimum absolute atomic E-state index is 0. The molecule has 4 rings (SSSR count). The van der Waals surface area contributed by atoms with E-state index in [9.17, 15) is 8.78 Å². The number of thiophene rings is 1. The van der Waals surface area contributed by atoms with Gasteiger partial charge in [0.1, 0.15) is 17.0 Å². The average molecular weight is 391 g/mol. The van der Waals surface area contributed by atoms with Crippen LogP contribution >= 0.6 is 35.3 Å². The number of pyridine rings is 1. The number of nitrogens with one attached hydrogen (secondary N) is 1. The van der Waals surface area contributed by atoms with Gasteiger partial charge in [-0.05, 0) is 19.4 Å². The van der Waals surface area contributed by atoms with Crippen molar-refractivity contribution >= 4 is 61.6 Å².